The zero-order valence-corrected chi connectivity index (χ0v) is 27.4. The Bertz CT molecular complexity index is 1570. The zero-order chi connectivity index (χ0) is 32.8. The van der Waals surface area contributed by atoms with Crippen molar-refractivity contribution in [1.82, 2.24) is 29.7 Å². The normalized spacial score (nSPS) is 16.6. The fourth-order valence-electron chi connectivity index (χ4n) is 4.70. The van der Waals surface area contributed by atoms with Gasteiger partial charge >= 0.3 is 6.03 Å². The number of carbonyl (C=O) groups excluding carboxylic acids is 2. The van der Waals surface area contributed by atoms with Gasteiger partial charge in [0.2, 0.25) is 22.9 Å². The van der Waals surface area contributed by atoms with Gasteiger partial charge in [0, 0.05) is 30.3 Å². The van der Waals surface area contributed by atoms with Gasteiger partial charge in [0.25, 0.3) is 0 Å². The van der Waals surface area contributed by atoms with Crippen molar-refractivity contribution in [2.45, 2.75) is 51.4 Å². The van der Waals surface area contributed by atoms with Gasteiger partial charge in [0.05, 0.1) is 18.5 Å². The summed E-state index contributed by atoms with van der Waals surface area (Å²) in [6.45, 7) is 6.73. The van der Waals surface area contributed by atoms with Gasteiger partial charge in [0.15, 0.2) is 0 Å². The highest BCUT2D eigenvalue weighted by Gasteiger charge is 2.43. The van der Waals surface area contributed by atoms with Crippen LogP contribution in [0.4, 0.5) is 10.6 Å². The van der Waals surface area contributed by atoms with Gasteiger partial charge in [-0.3, -0.25) is 15.4 Å². The number of ether oxygens (including phenoxy) is 1. The highest BCUT2D eigenvalue weighted by atomic mass is 35.5. The van der Waals surface area contributed by atoms with E-state index in [2.05, 4.69) is 46.8 Å². The Morgan fingerprint density at radius 3 is 2.49 bits per heavy atom. The summed E-state index contributed by atoms with van der Waals surface area (Å²) in [7, 11) is 3.82. The number of carbonyl (C=O) groups is 2. The molecule has 4 rings (SSSR count). The number of amides is 3. The van der Waals surface area contributed by atoms with Crippen LogP contribution in [0.15, 0.2) is 77.7 Å². The Labute approximate surface area is 272 Å². The predicted octanol–water partition coefficient (Wildman–Crippen LogP) is 4.88. The monoisotopic (exact) mass is 656 g/mol. The Balaban J connectivity index is 1.63. The van der Waals surface area contributed by atoms with Gasteiger partial charge in [0.1, 0.15) is 11.6 Å². The summed E-state index contributed by atoms with van der Waals surface area (Å²) in [4.78, 5) is 32.9. The second-order valence-corrected chi connectivity index (χ2v) is 12.4. The molecule has 2 heterocycles. The van der Waals surface area contributed by atoms with E-state index in [1.807, 2.05) is 37.2 Å². The van der Waals surface area contributed by atoms with Crippen molar-refractivity contribution < 1.29 is 19.4 Å². The van der Waals surface area contributed by atoms with Gasteiger partial charge in [-0.2, -0.15) is 10.1 Å². The standard InChI is InChI=1S/C31H38Cl2N8O4/c1-30(2,3)24-18-22(14-13-21(24)20-42)40-25(15-16-34-40)35-29(44)38-31(37-26(43)12-9-17-39(4)5)19-27(36-28(32)41(31)33)45-23-10-7-6-8-11-23/h6-8,10-11,13-16,18-19,42H,9,12,17,20H2,1-5H3,(H,37,43)(H2,35,38,44). The lowest BCUT2D eigenvalue weighted by molar-refractivity contribution is -0.123. The quantitative estimate of drug-likeness (QED) is 0.131. The van der Waals surface area contributed by atoms with Gasteiger partial charge < -0.3 is 20.1 Å². The molecule has 45 heavy (non-hydrogen) atoms. The second kappa shape index (κ2) is 14.3. The molecule has 2 aromatic carbocycles. The predicted molar refractivity (Wildman–Crippen MR) is 175 cm³/mol. The van der Waals surface area contributed by atoms with Crippen molar-refractivity contribution in [2.75, 3.05) is 26.0 Å². The van der Waals surface area contributed by atoms with E-state index in [0.717, 1.165) is 15.5 Å². The van der Waals surface area contributed by atoms with Crippen LogP contribution in [0, 0.1) is 0 Å². The lowest BCUT2D eigenvalue weighted by Crippen LogP contribution is -2.69. The van der Waals surface area contributed by atoms with E-state index in [4.69, 9.17) is 28.1 Å². The molecule has 0 fully saturated rings. The third-order valence-corrected chi connectivity index (χ3v) is 7.58. The average molecular weight is 658 g/mol. The van der Waals surface area contributed by atoms with Crippen molar-refractivity contribution in [1.29, 1.82) is 0 Å². The van der Waals surface area contributed by atoms with Crippen molar-refractivity contribution in [2.24, 2.45) is 4.99 Å². The number of rotatable bonds is 11. The number of halogens is 2. The summed E-state index contributed by atoms with van der Waals surface area (Å²) < 4.78 is 8.35. The average Bonchev–Trinajstić information content (AvgIpc) is 3.43. The molecule has 1 unspecified atom stereocenters. The molecule has 0 aliphatic carbocycles. The van der Waals surface area contributed by atoms with Gasteiger partial charge in [-0.1, -0.05) is 45.0 Å². The number of para-hydroxylation sites is 1. The topological polar surface area (TPSA) is 136 Å². The molecule has 1 aromatic heterocycles. The largest absolute Gasteiger partial charge is 0.439 e. The number of anilines is 1. The molecule has 1 aliphatic rings. The lowest BCUT2D eigenvalue weighted by Gasteiger charge is -2.40. The number of aromatic nitrogens is 2. The van der Waals surface area contributed by atoms with Crippen LogP contribution in [-0.2, 0) is 16.8 Å². The Kier molecular flexibility index (Phi) is 10.8. The number of aliphatic hydroxyl groups excluding tert-OH is 1. The summed E-state index contributed by atoms with van der Waals surface area (Å²) in [6, 6.07) is 15.3. The first-order valence-electron chi connectivity index (χ1n) is 14.3. The van der Waals surface area contributed by atoms with Crippen LogP contribution in [0.1, 0.15) is 44.7 Å². The van der Waals surface area contributed by atoms with E-state index >= 15 is 0 Å². The minimum absolute atomic E-state index is 0.000663. The van der Waals surface area contributed by atoms with Crippen LogP contribution in [0.25, 0.3) is 5.69 Å². The number of hydrogen-bond acceptors (Lipinski definition) is 8. The van der Waals surface area contributed by atoms with Crippen LogP contribution in [-0.4, -0.2) is 67.9 Å². The highest BCUT2D eigenvalue weighted by molar-refractivity contribution is 6.67. The lowest BCUT2D eigenvalue weighted by atomic mass is 9.83. The summed E-state index contributed by atoms with van der Waals surface area (Å²) in [5, 5.41) is 22.3. The number of urea groups is 1. The number of nitrogens with zero attached hydrogens (tertiary/aromatic N) is 5. The van der Waals surface area contributed by atoms with Crippen molar-refractivity contribution >= 4 is 46.4 Å². The molecular weight excluding hydrogens is 619 g/mol. The van der Waals surface area contributed by atoms with Crippen molar-refractivity contribution in [3.63, 3.8) is 0 Å². The summed E-state index contributed by atoms with van der Waals surface area (Å²) in [5.74, 6) is -1.47. The number of benzene rings is 2. The third kappa shape index (κ3) is 8.54. The van der Waals surface area contributed by atoms with E-state index in [1.54, 1.807) is 41.1 Å². The molecule has 0 bridgehead atoms. The van der Waals surface area contributed by atoms with E-state index in [1.165, 1.54) is 12.3 Å². The van der Waals surface area contributed by atoms with E-state index < -0.39 is 17.7 Å². The van der Waals surface area contributed by atoms with Gasteiger partial charge in [-0.25, -0.2) is 13.9 Å². The molecule has 240 valence electrons. The first-order chi connectivity index (χ1) is 21.3. The number of amidine groups is 1. The second-order valence-electron chi connectivity index (χ2n) is 11.7. The Morgan fingerprint density at radius 2 is 1.82 bits per heavy atom. The fraction of sp³-hybridized carbons (Fsp3) is 0.355. The maximum absolute atomic E-state index is 13.6. The van der Waals surface area contributed by atoms with Crippen LogP contribution in [0.3, 0.4) is 0 Å². The first-order valence-corrected chi connectivity index (χ1v) is 15.0. The smallest absolute Gasteiger partial charge is 0.323 e. The van der Waals surface area contributed by atoms with E-state index in [-0.39, 0.29) is 29.6 Å². The molecule has 1 atom stereocenters. The van der Waals surface area contributed by atoms with E-state index in [0.29, 0.717) is 30.2 Å². The van der Waals surface area contributed by atoms with Gasteiger partial charge in [-0.15, -0.1) is 0 Å². The first kappa shape index (κ1) is 33.8. The number of nitrogens with one attached hydrogen (secondary N) is 3. The highest BCUT2D eigenvalue weighted by Crippen LogP contribution is 2.30. The molecule has 0 spiro atoms. The molecule has 3 amide bonds. The third-order valence-electron chi connectivity index (χ3n) is 6.82. The van der Waals surface area contributed by atoms with Crippen LogP contribution < -0.4 is 20.7 Å². The Morgan fingerprint density at radius 1 is 1.09 bits per heavy atom. The molecule has 0 radical (unpaired) electrons. The minimum Gasteiger partial charge on any atom is -0.439 e. The molecule has 0 saturated heterocycles. The zero-order valence-electron chi connectivity index (χ0n) is 25.8. The summed E-state index contributed by atoms with van der Waals surface area (Å²) in [5.41, 5.74) is 2.16. The van der Waals surface area contributed by atoms with Crippen molar-refractivity contribution in [3.8, 4) is 11.4 Å². The van der Waals surface area contributed by atoms with Crippen molar-refractivity contribution in [3.05, 3.63) is 83.9 Å². The SMILES string of the molecule is CN(C)CCCC(=O)NC1(NC(=O)Nc2ccnn2-c2ccc(CO)c(C(C)(C)C)c2)C=C(Oc2ccccc2)N=C(Cl)N1Cl. The molecular formula is C31H38Cl2N8O4. The number of hydrogen-bond donors (Lipinski definition) is 4. The van der Waals surface area contributed by atoms with E-state index in [9.17, 15) is 14.7 Å². The molecule has 4 N–H and O–H groups in total. The number of aliphatic imine (C=N–C) groups is 1. The molecule has 0 saturated carbocycles. The fourth-order valence-corrected chi connectivity index (χ4v) is 5.09. The van der Waals surface area contributed by atoms with Gasteiger partial charge in [-0.05, 0) is 79.5 Å². The number of aliphatic hydroxyl groups is 1. The van der Waals surface area contributed by atoms with Crippen LogP contribution >= 0.6 is 23.4 Å². The Hall–Kier alpha value is -4.10. The molecule has 1 aliphatic heterocycles. The maximum Gasteiger partial charge on any atom is 0.323 e. The molecule has 12 nitrogen and oxygen atoms in total. The maximum atomic E-state index is 13.6. The minimum atomic E-state index is -1.86. The summed E-state index contributed by atoms with van der Waals surface area (Å²) in [6.07, 6.45) is 3.62. The molecule has 3 aromatic rings. The summed E-state index contributed by atoms with van der Waals surface area (Å²) >= 11 is 13.0. The molecule has 14 heteroatoms. The van der Waals surface area contributed by atoms with Crippen LogP contribution in [0.2, 0.25) is 0 Å². The van der Waals surface area contributed by atoms with Crippen LogP contribution in [0.5, 0.6) is 5.75 Å².